The lowest BCUT2D eigenvalue weighted by molar-refractivity contribution is -0.133. The smallest absolute Gasteiger partial charge is 0.223 e. The molecule has 5 heteroatoms. The zero-order chi connectivity index (χ0) is 26.6. The molecule has 1 unspecified atom stereocenters. The Labute approximate surface area is 234 Å². The van der Waals surface area contributed by atoms with Gasteiger partial charge in [0, 0.05) is 60.6 Å². The Bertz CT molecular complexity index is 1480. The summed E-state index contributed by atoms with van der Waals surface area (Å²) in [5, 5.41) is 1.86. The first-order valence-electron chi connectivity index (χ1n) is 13.6. The first-order chi connectivity index (χ1) is 19.2. The molecule has 0 spiro atoms. The molecule has 1 amide bonds. The third kappa shape index (κ3) is 5.49. The van der Waals surface area contributed by atoms with Crippen LogP contribution in [0.5, 0.6) is 0 Å². The summed E-state index contributed by atoms with van der Waals surface area (Å²) < 4.78 is 0. The van der Waals surface area contributed by atoms with Gasteiger partial charge >= 0.3 is 0 Å². The first-order valence-corrected chi connectivity index (χ1v) is 14.0. The van der Waals surface area contributed by atoms with Crippen molar-refractivity contribution in [3.05, 3.63) is 143 Å². The number of benzene rings is 4. The van der Waals surface area contributed by atoms with Crippen molar-refractivity contribution < 1.29 is 4.79 Å². The second kappa shape index (κ2) is 11.5. The number of carbonyl (C=O) groups is 1. The molecule has 0 bridgehead atoms. The third-order valence-corrected chi connectivity index (χ3v) is 8.16. The number of fused-ring (bicyclic) bond motifs is 1. The second-order valence-corrected chi connectivity index (χ2v) is 10.7. The van der Waals surface area contributed by atoms with Crippen molar-refractivity contribution in [3.8, 4) is 0 Å². The topological polar surface area (TPSA) is 39.3 Å². The van der Waals surface area contributed by atoms with Gasteiger partial charge in [-0.1, -0.05) is 103 Å². The Hall–Kier alpha value is -3.86. The van der Waals surface area contributed by atoms with Crippen LogP contribution in [0.15, 0.2) is 115 Å². The largest absolute Gasteiger partial charge is 0.361 e. The van der Waals surface area contributed by atoms with E-state index in [9.17, 15) is 4.79 Å². The number of aromatic amines is 1. The van der Waals surface area contributed by atoms with Gasteiger partial charge < -0.3 is 9.88 Å². The molecule has 1 aliphatic heterocycles. The number of carbonyl (C=O) groups excluding carboxylic acids is 1. The van der Waals surface area contributed by atoms with E-state index in [2.05, 4.69) is 94.9 Å². The van der Waals surface area contributed by atoms with E-state index in [0.717, 1.165) is 48.2 Å². The fourth-order valence-electron chi connectivity index (χ4n) is 5.90. The van der Waals surface area contributed by atoms with Gasteiger partial charge in [-0.2, -0.15) is 0 Å². The molecule has 1 aromatic heterocycles. The lowest BCUT2D eigenvalue weighted by Crippen LogP contribution is -2.50. The number of H-pyrrole nitrogens is 1. The summed E-state index contributed by atoms with van der Waals surface area (Å²) in [5.74, 6) is 0.140. The molecule has 1 saturated heterocycles. The van der Waals surface area contributed by atoms with Crippen molar-refractivity contribution in [2.24, 2.45) is 0 Å². The van der Waals surface area contributed by atoms with Crippen molar-refractivity contribution >= 4 is 28.4 Å². The van der Waals surface area contributed by atoms with Crippen LogP contribution in [0.4, 0.5) is 0 Å². The summed E-state index contributed by atoms with van der Waals surface area (Å²) in [6.07, 6.45) is 2.48. The monoisotopic (exact) mass is 533 g/mol. The number of nitrogens with one attached hydrogen (secondary N) is 1. The Balaban J connectivity index is 1.21. The minimum Gasteiger partial charge on any atom is -0.361 e. The zero-order valence-electron chi connectivity index (χ0n) is 21.8. The number of hydrogen-bond acceptors (Lipinski definition) is 2. The van der Waals surface area contributed by atoms with E-state index in [-0.39, 0.29) is 17.9 Å². The number of para-hydroxylation sites is 1. The van der Waals surface area contributed by atoms with E-state index in [0.29, 0.717) is 11.4 Å². The van der Waals surface area contributed by atoms with Crippen LogP contribution in [0, 0.1) is 0 Å². The molecule has 0 radical (unpaired) electrons. The molecule has 2 heterocycles. The molecule has 1 N–H and O–H groups in total. The Morgan fingerprint density at radius 1 is 0.718 bits per heavy atom. The van der Waals surface area contributed by atoms with Crippen LogP contribution >= 0.6 is 11.6 Å². The predicted molar refractivity (Wildman–Crippen MR) is 159 cm³/mol. The van der Waals surface area contributed by atoms with E-state index in [4.69, 9.17) is 11.6 Å². The Morgan fingerprint density at radius 2 is 1.31 bits per heavy atom. The first kappa shape index (κ1) is 25.4. The minimum atomic E-state index is -0.0506. The SMILES string of the molecule is O=C(CC(c1ccc(Cl)cc1)c1c[nH]c2ccccc12)N1CCN(C(c2ccccc2)c2ccccc2)CC1. The van der Waals surface area contributed by atoms with Gasteiger partial charge in [-0.25, -0.2) is 0 Å². The number of halogens is 1. The molecule has 5 aromatic rings. The van der Waals surface area contributed by atoms with Crippen molar-refractivity contribution in [1.82, 2.24) is 14.8 Å². The highest BCUT2D eigenvalue weighted by molar-refractivity contribution is 6.30. The summed E-state index contributed by atoms with van der Waals surface area (Å²) in [6.45, 7) is 3.10. The van der Waals surface area contributed by atoms with E-state index >= 15 is 0 Å². The lowest BCUT2D eigenvalue weighted by Gasteiger charge is -2.40. The van der Waals surface area contributed by atoms with Crippen LogP contribution in [-0.4, -0.2) is 46.9 Å². The number of piperazine rings is 1. The fourth-order valence-corrected chi connectivity index (χ4v) is 6.03. The summed E-state index contributed by atoms with van der Waals surface area (Å²) in [5.41, 5.74) is 5.90. The molecule has 1 fully saturated rings. The molecule has 1 aliphatic rings. The summed E-state index contributed by atoms with van der Waals surface area (Å²) in [7, 11) is 0. The van der Waals surface area contributed by atoms with Gasteiger partial charge in [-0.3, -0.25) is 9.69 Å². The maximum absolute atomic E-state index is 13.8. The average Bonchev–Trinajstić information content (AvgIpc) is 3.42. The lowest BCUT2D eigenvalue weighted by atomic mass is 9.87. The molecular weight excluding hydrogens is 502 g/mol. The summed E-state index contributed by atoms with van der Waals surface area (Å²) in [4.78, 5) is 21.7. The molecule has 39 heavy (non-hydrogen) atoms. The fraction of sp³-hybridized carbons (Fsp3) is 0.206. The number of rotatable bonds is 7. The molecule has 196 valence electrons. The van der Waals surface area contributed by atoms with Crippen molar-refractivity contribution in [1.29, 1.82) is 0 Å². The van der Waals surface area contributed by atoms with Gasteiger partial charge in [0.25, 0.3) is 0 Å². The van der Waals surface area contributed by atoms with Crippen molar-refractivity contribution in [3.63, 3.8) is 0 Å². The van der Waals surface area contributed by atoms with Crippen LogP contribution < -0.4 is 0 Å². The molecular formula is C34H32ClN3O. The van der Waals surface area contributed by atoms with Crippen molar-refractivity contribution in [2.45, 2.75) is 18.4 Å². The molecule has 0 saturated carbocycles. The maximum Gasteiger partial charge on any atom is 0.223 e. The maximum atomic E-state index is 13.8. The van der Waals surface area contributed by atoms with E-state index in [1.54, 1.807) is 0 Å². The number of aromatic nitrogens is 1. The van der Waals surface area contributed by atoms with Crippen LogP contribution in [0.1, 0.15) is 40.6 Å². The number of amides is 1. The molecule has 0 aliphatic carbocycles. The van der Waals surface area contributed by atoms with Gasteiger partial charge in [-0.15, -0.1) is 0 Å². The highest BCUT2D eigenvalue weighted by Gasteiger charge is 2.30. The van der Waals surface area contributed by atoms with Gasteiger partial charge in [0.05, 0.1) is 6.04 Å². The van der Waals surface area contributed by atoms with Gasteiger partial charge in [-0.05, 0) is 40.5 Å². The van der Waals surface area contributed by atoms with E-state index in [1.807, 2.05) is 35.2 Å². The van der Waals surface area contributed by atoms with Gasteiger partial charge in [0.2, 0.25) is 5.91 Å². The highest BCUT2D eigenvalue weighted by Crippen LogP contribution is 2.35. The zero-order valence-corrected chi connectivity index (χ0v) is 22.6. The minimum absolute atomic E-state index is 0.0506. The second-order valence-electron chi connectivity index (χ2n) is 10.2. The van der Waals surface area contributed by atoms with E-state index < -0.39 is 0 Å². The number of nitrogens with zero attached hydrogens (tertiary/aromatic N) is 2. The molecule has 4 aromatic carbocycles. The third-order valence-electron chi connectivity index (χ3n) is 7.91. The predicted octanol–water partition coefficient (Wildman–Crippen LogP) is 7.28. The van der Waals surface area contributed by atoms with Crippen LogP contribution in [0.2, 0.25) is 5.02 Å². The van der Waals surface area contributed by atoms with Crippen molar-refractivity contribution in [2.75, 3.05) is 26.2 Å². The van der Waals surface area contributed by atoms with Gasteiger partial charge in [0.15, 0.2) is 0 Å². The quantitative estimate of drug-likeness (QED) is 0.239. The molecule has 6 rings (SSSR count). The van der Waals surface area contributed by atoms with Crippen LogP contribution in [-0.2, 0) is 4.79 Å². The number of hydrogen-bond donors (Lipinski definition) is 1. The molecule has 1 atom stereocenters. The van der Waals surface area contributed by atoms with Gasteiger partial charge in [0.1, 0.15) is 0 Å². The Morgan fingerprint density at radius 3 is 1.95 bits per heavy atom. The van der Waals surface area contributed by atoms with Crippen LogP contribution in [0.25, 0.3) is 10.9 Å². The average molecular weight is 534 g/mol. The molecule has 4 nitrogen and oxygen atoms in total. The normalized spacial score (nSPS) is 15.1. The Kier molecular flexibility index (Phi) is 7.49. The van der Waals surface area contributed by atoms with E-state index in [1.165, 1.54) is 11.1 Å². The summed E-state index contributed by atoms with van der Waals surface area (Å²) >= 11 is 6.21. The highest BCUT2D eigenvalue weighted by atomic mass is 35.5. The van der Waals surface area contributed by atoms with Crippen LogP contribution in [0.3, 0.4) is 0 Å². The summed E-state index contributed by atoms with van der Waals surface area (Å²) in [6, 6.07) is 37.7. The standard InChI is InChI=1S/C34H32ClN3O/c35-28-17-15-25(16-18-28)30(31-24-36-32-14-8-7-13-29(31)32)23-33(39)37-19-21-38(22-20-37)34(26-9-3-1-4-10-26)27-11-5-2-6-12-27/h1-18,24,30,34,36H,19-23H2.